The molecule has 2 atom stereocenters. The summed E-state index contributed by atoms with van der Waals surface area (Å²) in [7, 11) is 0. The first kappa shape index (κ1) is 23.4. The second-order valence-corrected chi connectivity index (χ2v) is 9.19. The number of nitriles is 1. The minimum Gasteiger partial charge on any atom is -0.481 e. The third-order valence-corrected chi connectivity index (χ3v) is 6.84. The molecule has 5 aromatic rings. The molecule has 3 heterocycles. The Kier molecular flexibility index (Phi) is 5.86. The summed E-state index contributed by atoms with van der Waals surface area (Å²) in [5.41, 5.74) is 4.05. The second-order valence-electron chi connectivity index (χ2n) is 8.76. The van der Waals surface area contributed by atoms with Crippen LogP contribution in [0, 0.1) is 18.3 Å². The molecule has 2 N–H and O–H groups in total. The smallest absolute Gasteiger partial charge is 0.331 e. The van der Waals surface area contributed by atoms with Crippen LogP contribution in [0.25, 0.3) is 22.1 Å². The highest BCUT2D eigenvalue weighted by atomic mass is 35.5. The zero-order valence-electron chi connectivity index (χ0n) is 19.6. The maximum absolute atomic E-state index is 14.1. The van der Waals surface area contributed by atoms with E-state index in [9.17, 15) is 20.0 Å². The molecule has 2 aromatic carbocycles. The first-order chi connectivity index (χ1) is 17.3. The van der Waals surface area contributed by atoms with Gasteiger partial charge in [-0.15, -0.1) is 0 Å². The predicted octanol–water partition coefficient (Wildman–Crippen LogP) is 5.19. The van der Waals surface area contributed by atoms with Gasteiger partial charge < -0.3 is 10.1 Å². The number of nitrogens with one attached hydrogen (secondary N) is 1. The van der Waals surface area contributed by atoms with Crippen molar-refractivity contribution >= 4 is 39.6 Å². The van der Waals surface area contributed by atoms with Gasteiger partial charge in [0, 0.05) is 27.7 Å². The molecule has 0 aliphatic rings. The van der Waals surface area contributed by atoms with E-state index in [1.807, 2.05) is 44.3 Å². The number of carboxylic acids is 1. The lowest BCUT2D eigenvalue weighted by Gasteiger charge is -2.18. The summed E-state index contributed by atoms with van der Waals surface area (Å²) >= 11 is 6.06. The number of aliphatic carboxylic acids is 1. The van der Waals surface area contributed by atoms with E-state index in [0.29, 0.717) is 16.1 Å². The average molecular weight is 500 g/mol. The van der Waals surface area contributed by atoms with Gasteiger partial charge in [0.05, 0.1) is 24.0 Å². The van der Waals surface area contributed by atoms with Crippen LogP contribution in [0.5, 0.6) is 0 Å². The fraction of sp³-hybridized carbons (Fsp3) is 0.185. The minimum absolute atomic E-state index is 0.133. The van der Waals surface area contributed by atoms with E-state index >= 15 is 0 Å². The number of H-pyrrole nitrogens is 1. The van der Waals surface area contributed by atoms with Gasteiger partial charge in [-0.2, -0.15) is 5.26 Å². The topological polar surface area (TPSA) is 117 Å². The van der Waals surface area contributed by atoms with Crippen LogP contribution in [-0.2, 0) is 4.79 Å². The molecule has 5 rings (SSSR count). The van der Waals surface area contributed by atoms with Crippen molar-refractivity contribution in [3.8, 4) is 6.07 Å². The Morgan fingerprint density at radius 2 is 1.92 bits per heavy atom. The Hall–Kier alpha value is -4.35. The molecule has 0 saturated heterocycles. The molecular formula is C27H22ClN5O3. The molecule has 0 amide bonds. The van der Waals surface area contributed by atoms with Crippen molar-refractivity contribution in [2.24, 2.45) is 0 Å². The zero-order chi connectivity index (χ0) is 25.6. The Morgan fingerprint density at radius 1 is 1.17 bits per heavy atom. The number of aryl methyl sites for hydroxylation is 1. The first-order valence-corrected chi connectivity index (χ1v) is 11.8. The van der Waals surface area contributed by atoms with E-state index in [-0.39, 0.29) is 17.8 Å². The predicted molar refractivity (Wildman–Crippen MR) is 137 cm³/mol. The number of carbonyl (C=O) groups is 1. The maximum atomic E-state index is 14.1. The summed E-state index contributed by atoms with van der Waals surface area (Å²) in [4.78, 5) is 33.7. The van der Waals surface area contributed by atoms with Crippen molar-refractivity contribution in [1.82, 2.24) is 19.1 Å². The van der Waals surface area contributed by atoms with Crippen LogP contribution >= 0.6 is 11.6 Å². The van der Waals surface area contributed by atoms with E-state index in [1.54, 1.807) is 41.0 Å². The molecule has 0 bridgehead atoms. The molecule has 0 fully saturated rings. The number of benzene rings is 2. The van der Waals surface area contributed by atoms with E-state index < -0.39 is 23.7 Å². The quantitative estimate of drug-likeness (QED) is 0.333. The van der Waals surface area contributed by atoms with Crippen LogP contribution in [-0.4, -0.2) is 30.2 Å². The molecule has 8 nitrogen and oxygen atoms in total. The number of aromatic nitrogens is 4. The molecule has 0 aliphatic carbocycles. The summed E-state index contributed by atoms with van der Waals surface area (Å²) in [5.74, 6) is -1.07. The highest BCUT2D eigenvalue weighted by molar-refractivity contribution is 6.30. The molecule has 36 heavy (non-hydrogen) atoms. The number of imidazole rings is 1. The molecule has 0 radical (unpaired) electrons. The van der Waals surface area contributed by atoms with Gasteiger partial charge in [0.15, 0.2) is 5.65 Å². The number of carboxylic acid groups (broad SMARTS) is 1. The van der Waals surface area contributed by atoms with Crippen molar-refractivity contribution in [3.63, 3.8) is 0 Å². The number of hydrogen-bond donors (Lipinski definition) is 2. The van der Waals surface area contributed by atoms with E-state index in [4.69, 9.17) is 11.6 Å². The van der Waals surface area contributed by atoms with E-state index in [0.717, 1.165) is 22.0 Å². The average Bonchev–Trinajstić information content (AvgIpc) is 3.42. The van der Waals surface area contributed by atoms with E-state index in [1.165, 1.54) is 4.57 Å². The molecule has 9 heteroatoms. The SMILES string of the molecule is Cc1cccc2[nH]cc(C(C)n3c(=O)n([C@H](CC(=O)O)c4ccc(Cl)cc4)c4nc(C#N)ccc43)c12. The second kappa shape index (κ2) is 9.02. The van der Waals surface area contributed by atoms with Gasteiger partial charge in [0.25, 0.3) is 0 Å². The molecule has 0 spiro atoms. The third-order valence-electron chi connectivity index (χ3n) is 6.59. The van der Waals surface area contributed by atoms with E-state index in [2.05, 4.69) is 9.97 Å². The van der Waals surface area contributed by atoms with Crippen LogP contribution in [0.2, 0.25) is 5.02 Å². The van der Waals surface area contributed by atoms with Crippen molar-refractivity contribution < 1.29 is 9.90 Å². The van der Waals surface area contributed by atoms with Crippen LogP contribution in [0.4, 0.5) is 0 Å². The maximum Gasteiger partial charge on any atom is 0.331 e. The van der Waals surface area contributed by atoms with Crippen molar-refractivity contribution in [3.05, 3.63) is 98.7 Å². The summed E-state index contributed by atoms with van der Waals surface area (Å²) in [6.45, 7) is 3.94. The zero-order valence-corrected chi connectivity index (χ0v) is 20.3. The Bertz CT molecular complexity index is 1720. The van der Waals surface area contributed by atoms with Crippen molar-refractivity contribution in [1.29, 1.82) is 5.26 Å². The van der Waals surface area contributed by atoms with Crippen LogP contribution in [0.15, 0.2) is 65.6 Å². The largest absolute Gasteiger partial charge is 0.481 e. The highest BCUT2D eigenvalue weighted by Gasteiger charge is 2.28. The minimum atomic E-state index is -1.07. The molecule has 0 aliphatic heterocycles. The van der Waals surface area contributed by atoms with Gasteiger partial charge in [-0.3, -0.25) is 13.9 Å². The number of aromatic amines is 1. The van der Waals surface area contributed by atoms with Gasteiger partial charge in [-0.05, 0) is 55.3 Å². The Labute approximate surface area is 211 Å². The number of halogens is 1. The summed E-state index contributed by atoms with van der Waals surface area (Å²) in [6.07, 6.45) is 1.54. The number of nitrogens with zero attached hydrogens (tertiary/aromatic N) is 4. The molecule has 0 saturated carbocycles. The van der Waals surface area contributed by atoms with Crippen molar-refractivity contribution in [2.45, 2.75) is 32.4 Å². The normalized spacial score (nSPS) is 13.1. The van der Waals surface area contributed by atoms with Gasteiger partial charge in [0.1, 0.15) is 11.8 Å². The van der Waals surface area contributed by atoms with Gasteiger partial charge in [0.2, 0.25) is 0 Å². The lowest BCUT2D eigenvalue weighted by atomic mass is 10.0. The van der Waals surface area contributed by atoms with Crippen LogP contribution < -0.4 is 5.69 Å². The monoisotopic (exact) mass is 499 g/mol. The number of fused-ring (bicyclic) bond motifs is 2. The first-order valence-electron chi connectivity index (χ1n) is 11.4. The lowest BCUT2D eigenvalue weighted by molar-refractivity contribution is -0.137. The molecule has 3 aromatic heterocycles. The molecule has 1 unspecified atom stereocenters. The number of pyridine rings is 1. The van der Waals surface area contributed by atoms with Crippen molar-refractivity contribution in [2.75, 3.05) is 0 Å². The number of hydrogen-bond acceptors (Lipinski definition) is 4. The third kappa shape index (κ3) is 3.84. The van der Waals surface area contributed by atoms with Gasteiger partial charge in [-0.25, -0.2) is 9.78 Å². The molecular weight excluding hydrogens is 478 g/mol. The van der Waals surface area contributed by atoms with Crippen LogP contribution in [0.1, 0.15) is 47.8 Å². The van der Waals surface area contributed by atoms with Gasteiger partial charge in [-0.1, -0.05) is 35.9 Å². The summed E-state index contributed by atoms with van der Waals surface area (Å²) in [5, 5.41) is 20.7. The standard InChI is InChI=1S/C27H22ClN5O3/c1-15-4-3-5-21-25(15)20(14-30-21)16(2)32-22-11-10-19(13-29)31-26(22)33(27(32)36)23(12-24(34)35)17-6-8-18(28)9-7-17/h3-11,14,16,23,30H,12H2,1-2H3,(H,34,35)/t16?,23-/m1/s1. The lowest BCUT2D eigenvalue weighted by Crippen LogP contribution is -2.31. The Morgan fingerprint density at radius 3 is 2.61 bits per heavy atom. The Balaban J connectivity index is 1.80. The highest BCUT2D eigenvalue weighted by Crippen LogP contribution is 2.32. The summed E-state index contributed by atoms with van der Waals surface area (Å²) in [6, 6.07) is 16.7. The summed E-state index contributed by atoms with van der Waals surface area (Å²) < 4.78 is 3.00. The number of rotatable bonds is 6. The molecule has 180 valence electrons. The van der Waals surface area contributed by atoms with Gasteiger partial charge >= 0.3 is 11.7 Å². The fourth-order valence-electron chi connectivity index (χ4n) is 4.91. The van der Waals surface area contributed by atoms with Crippen LogP contribution in [0.3, 0.4) is 0 Å². The fourth-order valence-corrected chi connectivity index (χ4v) is 5.04.